The van der Waals surface area contributed by atoms with E-state index in [1.54, 1.807) is 12.2 Å². The van der Waals surface area contributed by atoms with Crippen molar-refractivity contribution in [1.29, 1.82) is 0 Å². The molecule has 1 aliphatic heterocycles. The fourth-order valence-electron chi connectivity index (χ4n) is 1.71. The van der Waals surface area contributed by atoms with Crippen molar-refractivity contribution in [3.05, 3.63) is 23.8 Å². The Labute approximate surface area is 94.6 Å². The summed E-state index contributed by atoms with van der Waals surface area (Å²) >= 11 is 0. The highest BCUT2D eigenvalue weighted by Gasteiger charge is 2.24. The number of carbonyl (C=O) groups is 1. The molecule has 4 heteroatoms. The Morgan fingerprint density at radius 3 is 2.81 bits per heavy atom. The molecule has 1 aromatic rings. The topological polar surface area (TPSA) is 55.1 Å². The predicted molar refractivity (Wildman–Crippen MR) is 61.1 cm³/mol. The highest BCUT2D eigenvalue weighted by atomic mass is 16.4. The summed E-state index contributed by atoms with van der Waals surface area (Å²) in [7, 11) is 0. The average Bonchev–Trinajstić information content (AvgIpc) is 2.58. The van der Waals surface area contributed by atoms with Crippen LogP contribution in [0.15, 0.2) is 12.3 Å². The van der Waals surface area contributed by atoms with Gasteiger partial charge in [0.05, 0.1) is 11.6 Å². The number of aromatic nitrogens is 2. The SMILES string of the molecule is CC(C)(C)c1cn2c(n1)C=CC(C(=O)O)C2. The van der Waals surface area contributed by atoms with E-state index in [1.807, 2.05) is 10.8 Å². The number of nitrogens with zero attached hydrogens (tertiary/aromatic N) is 2. The van der Waals surface area contributed by atoms with Crippen LogP contribution in [0.3, 0.4) is 0 Å². The van der Waals surface area contributed by atoms with E-state index in [9.17, 15) is 4.79 Å². The van der Waals surface area contributed by atoms with Gasteiger partial charge in [0.15, 0.2) is 0 Å². The molecule has 0 amide bonds. The van der Waals surface area contributed by atoms with Gasteiger partial charge in [-0.2, -0.15) is 0 Å². The molecule has 0 aromatic carbocycles. The molecule has 2 heterocycles. The fraction of sp³-hybridized carbons (Fsp3) is 0.500. The molecule has 2 rings (SSSR count). The van der Waals surface area contributed by atoms with E-state index < -0.39 is 11.9 Å². The predicted octanol–water partition coefficient (Wildman–Crippen LogP) is 1.91. The number of hydrogen-bond donors (Lipinski definition) is 1. The van der Waals surface area contributed by atoms with E-state index >= 15 is 0 Å². The molecule has 0 bridgehead atoms. The van der Waals surface area contributed by atoms with Gasteiger partial charge in [-0.05, 0) is 6.08 Å². The van der Waals surface area contributed by atoms with Gasteiger partial charge in [0.1, 0.15) is 5.82 Å². The van der Waals surface area contributed by atoms with Gasteiger partial charge in [-0.25, -0.2) is 4.98 Å². The maximum atomic E-state index is 10.9. The lowest BCUT2D eigenvalue weighted by Gasteiger charge is -2.15. The Morgan fingerprint density at radius 1 is 1.56 bits per heavy atom. The maximum Gasteiger partial charge on any atom is 0.312 e. The van der Waals surface area contributed by atoms with Crippen LogP contribution in [0.2, 0.25) is 0 Å². The number of fused-ring (bicyclic) bond motifs is 1. The Morgan fingerprint density at radius 2 is 2.25 bits per heavy atom. The van der Waals surface area contributed by atoms with E-state index in [0.717, 1.165) is 11.5 Å². The first kappa shape index (κ1) is 10.9. The van der Waals surface area contributed by atoms with Crippen LogP contribution in [0.25, 0.3) is 6.08 Å². The van der Waals surface area contributed by atoms with Crippen LogP contribution in [0.5, 0.6) is 0 Å². The summed E-state index contributed by atoms with van der Waals surface area (Å²) in [5.74, 6) is -0.371. The summed E-state index contributed by atoms with van der Waals surface area (Å²) in [5.41, 5.74) is 0.995. The molecule has 1 N–H and O–H groups in total. The third-order valence-corrected chi connectivity index (χ3v) is 2.76. The highest BCUT2D eigenvalue weighted by Crippen LogP contribution is 2.24. The molecule has 1 aliphatic rings. The van der Waals surface area contributed by atoms with Gasteiger partial charge in [0.2, 0.25) is 0 Å². The van der Waals surface area contributed by atoms with Gasteiger partial charge in [0, 0.05) is 18.2 Å². The first-order valence-electron chi connectivity index (χ1n) is 5.36. The Bertz CT molecular complexity index is 452. The normalized spacial score (nSPS) is 19.6. The fourth-order valence-corrected chi connectivity index (χ4v) is 1.71. The van der Waals surface area contributed by atoms with Crippen molar-refractivity contribution in [2.45, 2.75) is 32.7 Å². The van der Waals surface area contributed by atoms with Crippen molar-refractivity contribution in [2.75, 3.05) is 0 Å². The van der Waals surface area contributed by atoms with Crippen LogP contribution in [0.4, 0.5) is 0 Å². The molecule has 4 nitrogen and oxygen atoms in total. The van der Waals surface area contributed by atoms with Crippen LogP contribution in [0, 0.1) is 5.92 Å². The average molecular weight is 220 g/mol. The standard InChI is InChI=1S/C12H16N2O2/c1-12(2,3)9-7-14-6-8(11(15)16)4-5-10(14)13-9/h4-5,7-8H,6H2,1-3H3,(H,15,16). The lowest BCUT2D eigenvalue weighted by atomic mass is 9.93. The zero-order valence-corrected chi connectivity index (χ0v) is 9.77. The minimum Gasteiger partial charge on any atom is -0.481 e. The first-order chi connectivity index (χ1) is 7.38. The monoisotopic (exact) mass is 220 g/mol. The quantitative estimate of drug-likeness (QED) is 0.786. The second-order valence-electron chi connectivity index (χ2n) is 5.19. The van der Waals surface area contributed by atoms with Gasteiger partial charge < -0.3 is 9.67 Å². The third-order valence-electron chi connectivity index (χ3n) is 2.76. The smallest absolute Gasteiger partial charge is 0.312 e. The van der Waals surface area contributed by atoms with Crippen LogP contribution in [0.1, 0.15) is 32.3 Å². The van der Waals surface area contributed by atoms with Crippen molar-refractivity contribution >= 4 is 12.0 Å². The van der Waals surface area contributed by atoms with E-state index in [0.29, 0.717) is 6.54 Å². The first-order valence-corrected chi connectivity index (χ1v) is 5.36. The van der Waals surface area contributed by atoms with Crippen LogP contribution in [-0.4, -0.2) is 20.6 Å². The molecule has 0 spiro atoms. The number of hydrogen-bond acceptors (Lipinski definition) is 2. The Hall–Kier alpha value is -1.58. The maximum absolute atomic E-state index is 10.9. The summed E-state index contributed by atoms with van der Waals surface area (Å²) in [6.45, 7) is 6.77. The summed E-state index contributed by atoms with van der Waals surface area (Å²) in [5, 5.41) is 8.95. The molecule has 0 saturated heterocycles. The van der Waals surface area contributed by atoms with E-state index in [4.69, 9.17) is 5.11 Å². The van der Waals surface area contributed by atoms with Gasteiger partial charge >= 0.3 is 5.97 Å². The molecule has 1 aromatic heterocycles. The molecule has 0 aliphatic carbocycles. The second kappa shape index (κ2) is 3.47. The summed E-state index contributed by atoms with van der Waals surface area (Å²) < 4.78 is 1.92. The van der Waals surface area contributed by atoms with Crippen LogP contribution >= 0.6 is 0 Å². The molecule has 0 saturated carbocycles. The lowest BCUT2D eigenvalue weighted by molar-refractivity contribution is -0.140. The third kappa shape index (κ3) is 1.87. The molecule has 0 radical (unpaired) electrons. The lowest BCUT2D eigenvalue weighted by Crippen LogP contribution is -2.21. The summed E-state index contributed by atoms with van der Waals surface area (Å²) in [4.78, 5) is 15.4. The van der Waals surface area contributed by atoms with Gasteiger partial charge in [-0.3, -0.25) is 4.79 Å². The second-order valence-corrected chi connectivity index (χ2v) is 5.19. The molecule has 1 unspecified atom stereocenters. The summed E-state index contributed by atoms with van der Waals surface area (Å²) in [6.07, 6.45) is 5.45. The minimum absolute atomic E-state index is 0.00308. The number of imidazole rings is 1. The number of carboxylic acid groups (broad SMARTS) is 1. The zero-order chi connectivity index (χ0) is 11.9. The Kier molecular flexibility index (Phi) is 2.37. The molecule has 16 heavy (non-hydrogen) atoms. The molecular formula is C12H16N2O2. The van der Waals surface area contributed by atoms with Crippen molar-refractivity contribution in [3.63, 3.8) is 0 Å². The largest absolute Gasteiger partial charge is 0.481 e. The van der Waals surface area contributed by atoms with Crippen molar-refractivity contribution in [3.8, 4) is 0 Å². The molecular weight excluding hydrogens is 204 g/mol. The zero-order valence-electron chi connectivity index (χ0n) is 9.77. The minimum atomic E-state index is -0.784. The van der Waals surface area contributed by atoms with Crippen molar-refractivity contribution in [2.24, 2.45) is 5.92 Å². The molecule has 86 valence electrons. The van der Waals surface area contributed by atoms with E-state index in [-0.39, 0.29) is 5.41 Å². The van der Waals surface area contributed by atoms with E-state index in [1.165, 1.54) is 0 Å². The molecule has 1 atom stereocenters. The number of aliphatic carboxylic acids is 1. The number of carboxylic acids is 1. The van der Waals surface area contributed by atoms with Crippen molar-refractivity contribution in [1.82, 2.24) is 9.55 Å². The Balaban J connectivity index is 2.33. The van der Waals surface area contributed by atoms with Crippen molar-refractivity contribution < 1.29 is 9.90 Å². The van der Waals surface area contributed by atoms with Crippen LogP contribution < -0.4 is 0 Å². The highest BCUT2D eigenvalue weighted by molar-refractivity contribution is 5.74. The van der Waals surface area contributed by atoms with Crippen LogP contribution in [-0.2, 0) is 16.8 Å². The summed E-state index contributed by atoms with van der Waals surface area (Å²) in [6, 6.07) is 0. The van der Waals surface area contributed by atoms with Gasteiger partial charge in [0.25, 0.3) is 0 Å². The van der Waals surface area contributed by atoms with E-state index in [2.05, 4.69) is 25.8 Å². The number of rotatable bonds is 1. The van der Waals surface area contributed by atoms with Gasteiger partial charge in [-0.15, -0.1) is 0 Å². The molecule has 0 fully saturated rings. The van der Waals surface area contributed by atoms with Gasteiger partial charge in [-0.1, -0.05) is 26.8 Å².